The number of pyridine rings is 1. The molecule has 1 aromatic carbocycles. The van der Waals surface area contributed by atoms with Crippen LogP contribution in [0.15, 0.2) is 47.6 Å². The van der Waals surface area contributed by atoms with Crippen molar-refractivity contribution in [3.63, 3.8) is 0 Å². The van der Waals surface area contributed by atoms with E-state index in [-0.39, 0.29) is 10.8 Å². The molecule has 0 aliphatic rings. The summed E-state index contributed by atoms with van der Waals surface area (Å²) in [6.07, 6.45) is 3.01. The summed E-state index contributed by atoms with van der Waals surface area (Å²) in [5, 5.41) is 7.72. The molecule has 2 aromatic rings. The molecule has 0 unspecified atom stereocenters. The van der Waals surface area contributed by atoms with Crippen molar-refractivity contribution in [3.05, 3.63) is 53.9 Å². The van der Waals surface area contributed by atoms with E-state index < -0.39 is 10.0 Å². The Morgan fingerprint density at radius 1 is 1.20 bits per heavy atom. The van der Waals surface area contributed by atoms with Crippen molar-refractivity contribution in [2.24, 2.45) is 5.14 Å². The van der Waals surface area contributed by atoms with Gasteiger partial charge in [-0.25, -0.2) is 13.6 Å². The number of carbonyl (C=O) groups excluding carboxylic acids is 1. The molecule has 0 aliphatic heterocycles. The lowest BCUT2D eigenvalue weighted by atomic mass is 10.2. The van der Waals surface area contributed by atoms with Gasteiger partial charge in [-0.15, -0.1) is 0 Å². The van der Waals surface area contributed by atoms with Crippen LogP contribution in [0.2, 0.25) is 0 Å². The molecule has 0 aliphatic carbocycles. The molecular weight excluding hydrogens is 278 g/mol. The standard InChI is InChI=1S/C13H13N3O3S/c1-9-2-3-11(20(14,18)19)8-12(9)16-13(17)10-4-6-15-7-5-10/h2-8H,1H3,(H,16,17)(H2,14,18,19). The largest absolute Gasteiger partial charge is 0.322 e. The monoisotopic (exact) mass is 291 g/mol. The first-order valence-electron chi connectivity index (χ1n) is 5.73. The Labute approximate surface area is 116 Å². The molecular formula is C13H13N3O3S. The summed E-state index contributed by atoms with van der Waals surface area (Å²) in [4.78, 5) is 15.8. The molecule has 20 heavy (non-hydrogen) atoms. The molecule has 1 amide bonds. The van der Waals surface area contributed by atoms with Crippen molar-refractivity contribution < 1.29 is 13.2 Å². The van der Waals surface area contributed by atoms with E-state index in [4.69, 9.17) is 5.14 Å². The van der Waals surface area contributed by atoms with Crippen LogP contribution in [0.1, 0.15) is 15.9 Å². The van der Waals surface area contributed by atoms with Crippen LogP contribution in [0.25, 0.3) is 0 Å². The highest BCUT2D eigenvalue weighted by Gasteiger charge is 2.12. The number of amides is 1. The zero-order valence-corrected chi connectivity index (χ0v) is 11.5. The van der Waals surface area contributed by atoms with E-state index in [1.165, 1.54) is 24.5 Å². The minimum Gasteiger partial charge on any atom is -0.322 e. The molecule has 0 fully saturated rings. The van der Waals surface area contributed by atoms with E-state index in [2.05, 4.69) is 10.3 Å². The number of primary sulfonamides is 1. The van der Waals surface area contributed by atoms with Crippen molar-refractivity contribution in [2.45, 2.75) is 11.8 Å². The first kappa shape index (κ1) is 14.2. The Kier molecular flexibility index (Phi) is 3.82. The van der Waals surface area contributed by atoms with Crippen LogP contribution in [0, 0.1) is 6.92 Å². The number of nitrogens with zero attached hydrogens (tertiary/aromatic N) is 1. The van der Waals surface area contributed by atoms with Crippen LogP contribution in [0.3, 0.4) is 0 Å². The highest BCUT2D eigenvalue weighted by Crippen LogP contribution is 2.20. The van der Waals surface area contributed by atoms with Gasteiger partial charge in [0.05, 0.1) is 4.90 Å². The highest BCUT2D eigenvalue weighted by molar-refractivity contribution is 7.89. The molecule has 0 spiro atoms. The number of hydrogen-bond acceptors (Lipinski definition) is 4. The molecule has 7 heteroatoms. The molecule has 1 aromatic heterocycles. The summed E-state index contributed by atoms with van der Waals surface area (Å²) < 4.78 is 22.6. The van der Waals surface area contributed by atoms with Crippen LogP contribution in [0.4, 0.5) is 5.69 Å². The van der Waals surface area contributed by atoms with Gasteiger partial charge in [-0.1, -0.05) is 6.07 Å². The van der Waals surface area contributed by atoms with Crippen molar-refractivity contribution in [1.82, 2.24) is 4.98 Å². The van der Waals surface area contributed by atoms with E-state index in [1.807, 2.05) is 0 Å². The normalized spacial score (nSPS) is 11.1. The number of benzene rings is 1. The number of carbonyl (C=O) groups is 1. The Hall–Kier alpha value is -2.25. The van der Waals surface area contributed by atoms with Crippen molar-refractivity contribution in [2.75, 3.05) is 5.32 Å². The van der Waals surface area contributed by atoms with E-state index in [1.54, 1.807) is 25.1 Å². The lowest BCUT2D eigenvalue weighted by Gasteiger charge is -2.09. The minimum atomic E-state index is -3.80. The summed E-state index contributed by atoms with van der Waals surface area (Å²) in [5.41, 5.74) is 1.57. The van der Waals surface area contributed by atoms with Gasteiger partial charge in [-0.3, -0.25) is 9.78 Å². The average Bonchev–Trinajstić information content (AvgIpc) is 2.41. The molecule has 6 nitrogen and oxygen atoms in total. The van der Waals surface area contributed by atoms with E-state index >= 15 is 0 Å². The summed E-state index contributed by atoms with van der Waals surface area (Å²) >= 11 is 0. The third-order valence-electron chi connectivity index (χ3n) is 2.73. The fourth-order valence-corrected chi connectivity index (χ4v) is 2.15. The van der Waals surface area contributed by atoms with Gasteiger partial charge in [0.25, 0.3) is 5.91 Å². The fourth-order valence-electron chi connectivity index (χ4n) is 1.61. The molecule has 0 bridgehead atoms. The fraction of sp³-hybridized carbons (Fsp3) is 0.0769. The van der Waals surface area contributed by atoms with Crippen LogP contribution >= 0.6 is 0 Å². The van der Waals surface area contributed by atoms with Gasteiger partial charge >= 0.3 is 0 Å². The Morgan fingerprint density at radius 3 is 2.45 bits per heavy atom. The first-order valence-corrected chi connectivity index (χ1v) is 7.27. The van der Waals surface area contributed by atoms with Crippen molar-refractivity contribution in [1.29, 1.82) is 0 Å². The van der Waals surface area contributed by atoms with Gasteiger partial charge in [0.1, 0.15) is 0 Å². The number of aryl methyl sites for hydroxylation is 1. The van der Waals surface area contributed by atoms with Gasteiger partial charge in [-0.2, -0.15) is 0 Å². The number of hydrogen-bond donors (Lipinski definition) is 2. The second-order valence-electron chi connectivity index (χ2n) is 4.21. The maximum Gasteiger partial charge on any atom is 0.255 e. The van der Waals surface area contributed by atoms with Crippen LogP contribution < -0.4 is 10.5 Å². The number of aromatic nitrogens is 1. The molecule has 1 heterocycles. The second-order valence-corrected chi connectivity index (χ2v) is 5.77. The Morgan fingerprint density at radius 2 is 1.85 bits per heavy atom. The Balaban J connectivity index is 2.32. The minimum absolute atomic E-state index is 0.0480. The molecule has 0 radical (unpaired) electrons. The van der Waals surface area contributed by atoms with E-state index in [9.17, 15) is 13.2 Å². The number of nitrogens with one attached hydrogen (secondary N) is 1. The lowest BCUT2D eigenvalue weighted by molar-refractivity contribution is 0.102. The third-order valence-corrected chi connectivity index (χ3v) is 3.64. The molecule has 2 rings (SSSR count). The van der Waals surface area contributed by atoms with Crippen molar-refractivity contribution in [3.8, 4) is 0 Å². The number of sulfonamides is 1. The Bertz CT molecular complexity index is 743. The smallest absolute Gasteiger partial charge is 0.255 e. The lowest BCUT2D eigenvalue weighted by Crippen LogP contribution is -2.15. The maximum absolute atomic E-state index is 12.0. The van der Waals surface area contributed by atoms with E-state index in [0.717, 1.165) is 5.56 Å². The molecule has 0 saturated carbocycles. The molecule has 0 atom stereocenters. The zero-order chi connectivity index (χ0) is 14.8. The van der Waals surface area contributed by atoms with Gasteiger partial charge in [0.15, 0.2) is 0 Å². The van der Waals surface area contributed by atoms with Gasteiger partial charge in [0.2, 0.25) is 10.0 Å². The quantitative estimate of drug-likeness (QED) is 0.889. The number of rotatable bonds is 3. The average molecular weight is 291 g/mol. The van der Waals surface area contributed by atoms with Gasteiger partial charge in [0, 0.05) is 23.6 Å². The molecule has 0 saturated heterocycles. The highest BCUT2D eigenvalue weighted by atomic mass is 32.2. The third kappa shape index (κ3) is 3.19. The second kappa shape index (κ2) is 5.40. The summed E-state index contributed by atoms with van der Waals surface area (Å²) in [6, 6.07) is 7.45. The first-order chi connectivity index (χ1) is 9.38. The van der Waals surface area contributed by atoms with Crippen LogP contribution in [-0.2, 0) is 10.0 Å². The van der Waals surface area contributed by atoms with Gasteiger partial charge in [-0.05, 0) is 36.8 Å². The summed E-state index contributed by atoms with van der Waals surface area (Å²) in [6.45, 7) is 1.76. The predicted molar refractivity (Wildman–Crippen MR) is 74.7 cm³/mol. The number of anilines is 1. The summed E-state index contributed by atoms with van der Waals surface area (Å²) in [5.74, 6) is -0.345. The predicted octanol–water partition coefficient (Wildman–Crippen LogP) is 1.29. The van der Waals surface area contributed by atoms with Crippen molar-refractivity contribution >= 4 is 21.6 Å². The number of nitrogens with two attached hydrogens (primary N) is 1. The summed E-state index contributed by atoms with van der Waals surface area (Å²) in [7, 11) is -3.80. The molecule has 104 valence electrons. The van der Waals surface area contributed by atoms with Gasteiger partial charge < -0.3 is 5.32 Å². The van der Waals surface area contributed by atoms with E-state index in [0.29, 0.717) is 11.3 Å². The molecule has 3 N–H and O–H groups in total. The van der Waals surface area contributed by atoms with Crippen LogP contribution in [-0.4, -0.2) is 19.3 Å². The topological polar surface area (TPSA) is 102 Å². The maximum atomic E-state index is 12.0. The SMILES string of the molecule is Cc1ccc(S(N)(=O)=O)cc1NC(=O)c1ccncc1. The van der Waals surface area contributed by atoms with Crippen LogP contribution in [0.5, 0.6) is 0 Å². The zero-order valence-electron chi connectivity index (χ0n) is 10.7.